The predicted octanol–water partition coefficient (Wildman–Crippen LogP) is 3.55. The van der Waals surface area contributed by atoms with Crippen LogP contribution in [-0.2, 0) is 6.42 Å². The summed E-state index contributed by atoms with van der Waals surface area (Å²) in [6.45, 7) is 0. The van der Waals surface area contributed by atoms with Crippen LogP contribution in [0.4, 0.5) is 5.69 Å². The first-order valence-electron chi connectivity index (χ1n) is 6.07. The molecule has 2 atom stereocenters. The number of methoxy groups -OCH3 is 1. The molecule has 2 unspecified atom stereocenters. The van der Waals surface area contributed by atoms with Crippen molar-refractivity contribution in [3.8, 4) is 5.75 Å². The van der Waals surface area contributed by atoms with Crippen molar-refractivity contribution in [2.24, 2.45) is 5.92 Å². The molecular weight excluding hydrogens is 254 g/mol. The predicted molar refractivity (Wildman–Crippen MR) is 70.3 cm³/mol. The number of ether oxygens (including phenoxy) is 1. The van der Waals surface area contributed by atoms with Gasteiger partial charge in [0.15, 0.2) is 5.75 Å². The van der Waals surface area contributed by atoms with Crippen LogP contribution in [0.25, 0.3) is 0 Å². The highest BCUT2D eigenvalue weighted by Crippen LogP contribution is 2.34. The third-order valence-electron chi connectivity index (χ3n) is 3.50. The van der Waals surface area contributed by atoms with Gasteiger partial charge in [-0.3, -0.25) is 10.1 Å². The Morgan fingerprint density at radius 1 is 1.50 bits per heavy atom. The van der Waals surface area contributed by atoms with E-state index < -0.39 is 4.92 Å². The van der Waals surface area contributed by atoms with Gasteiger partial charge in [0.05, 0.1) is 12.0 Å². The van der Waals surface area contributed by atoms with Gasteiger partial charge in [-0.2, -0.15) is 0 Å². The first kappa shape index (κ1) is 13.1. The van der Waals surface area contributed by atoms with E-state index in [-0.39, 0.29) is 11.1 Å². The van der Waals surface area contributed by atoms with Gasteiger partial charge in [0.1, 0.15) is 0 Å². The number of hydrogen-bond acceptors (Lipinski definition) is 3. The summed E-state index contributed by atoms with van der Waals surface area (Å²) in [6, 6.07) is 5.14. The summed E-state index contributed by atoms with van der Waals surface area (Å²) in [5.74, 6) is 0.734. The van der Waals surface area contributed by atoms with Crippen molar-refractivity contribution < 1.29 is 9.66 Å². The second kappa shape index (κ2) is 5.57. The highest BCUT2D eigenvalue weighted by molar-refractivity contribution is 6.20. The Morgan fingerprint density at radius 2 is 2.28 bits per heavy atom. The summed E-state index contributed by atoms with van der Waals surface area (Å²) in [7, 11) is 1.44. The molecule has 1 saturated carbocycles. The van der Waals surface area contributed by atoms with E-state index in [4.69, 9.17) is 16.3 Å². The maximum atomic E-state index is 10.9. The van der Waals surface area contributed by atoms with Crippen molar-refractivity contribution in [1.29, 1.82) is 0 Å². The number of alkyl halides is 1. The number of nitro groups is 1. The monoisotopic (exact) mass is 269 g/mol. The quantitative estimate of drug-likeness (QED) is 0.477. The van der Waals surface area contributed by atoms with Gasteiger partial charge in [-0.25, -0.2) is 0 Å². The molecule has 1 aromatic rings. The summed E-state index contributed by atoms with van der Waals surface area (Å²) in [5, 5.41) is 11.1. The van der Waals surface area contributed by atoms with Gasteiger partial charge in [-0.15, -0.1) is 11.6 Å². The average Bonchev–Trinajstić information content (AvgIpc) is 2.75. The number of hydrogen-bond donors (Lipinski definition) is 0. The second-order valence-electron chi connectivity index (χ2n) is 4.67. The minimum absolute atomic E-state index is 0.0270. The molecule has 98 valence electrons. The van der Waals surface area contributed by atoms with Crippen LogP contribution in [0.15, 0.2) is 18.2 Å². The van der Waals surface area contributed by atoms with E-state index in [9.17, 15) is 10.1 Å². The third kappa shape index (κ3) is 2.75. The zero-order chi connectivity index (χ0) is 13.1. The molecule has 0 saturated heterocycles. The Labute approximate surface area is 111 Å². The molecule has 4 nitrogen and oxygen atoms in total. The molecule has 0 aromatic heterocycles. The van der Waals surface area contributed by atoms with Gasteiger partial charge in [0.2, 0.25) is 0 Å². The summed E-state index contributed by atoms with van der Waals surface area (Å²) < 4.78 is 4.99. The molecule has 0 heterocycles. The Morgan fingerprint density at radius 3 is 2.83 bits per heavy atom. The fourth-order valence-electron chi connectivity index (χ4n) is 2.53. The maximum Gasteiger partial charge on any atom is 0.311 e. The summed E-state index contributed by atoms with van der Waals surface area (Å²) in [5.41, 5.74) is 0.985. The molecule has 5 heteroatoms. The number of benzene rings is 1. The van der Waals surface area contributed by atoms with Crippen LogP contribution in [-0.4, -0.2) is 17.4 Å². The van der Waals surface area contributed by atoms with Gasteiger partial charge >= 0.3 is 5.69 Å². The summed E-state index contributed by atoms with van der Waals surface area (Å²) in [6.07, 6.45) is 4.11. The van der Waals surface area contributed by atoms with Crippen molar-refractivity contribution in [2.45, 2.75) is 31.1 Å². The Bertz CT molecular complexity index is 450. The van der Waals surface area contributed by atoms with E-state index in [0.717, 1.165) is 31.2 Å². The van der Waals surface area contributed by atoms with Gasteiger partial charge in [0, 0.05) is 11.4 Å². The number of halogens is 1. The normalized spacial score (nSPS) is 23.0. The Kier molecular flexibility index (Phi) is 4.07. The molecule has 1 aliphatic rings. The number of nitro benzene ring substituents is 1. The van der Waals surface area contributed by atoms with Crippen LogP contribution in [0.5, 0.6) is 5.75 Å². The lowest BCUT2D eigenvalue weighted by Crippen LogP contribution is -2.10. The largest absolute Gasteiger partial charge is 0.490 e. The SMILES string of the molecule is COc1ccc(CC2CCCC2Cl)cc1[N+](=O)[O-]. The minimum Gasteiger partial charge on any atom is -0.490 e. The van der Waals surface area contributed by atoms with Crippen molar-refractivity contribution >= 4 is 17.3 Å². The molecule has 0 aliphatic heterocycles. The molecule has 18 heavy (non-hydrogen) atoms. The van der Waals surface area contributed by atoms with E-state index in [1.807, 2.05) is 6.07 Å². The third-order valence-corrected chi connectivity index (χ3v) is 4.08. The lowest BCUT2D eigenvalue weighted by Gasteiger charge is -2.13. The van der Waals surface area contributed by atoms with Crippen LogP contribution in [0.1, 0.15) is 24.8 Å². The Hall–Kier alpha value is -1.29. The molecule has 1 aromatic carbocycles. The van der Waals surface area contributed by atoms with Crippen molar-refractivity contribution in [3.63, 3.8) is 0 Å². The van der Waals surface area contributed by atoms with Gasteiger partial charge in [-0.1, -0.05) is 12.5 Å². The minimum atomic E-state index is -0.408. The number of rotatable bonds is 4. The zero-order valence-electron chi connectivity index (χ0n) is 10.3. The first-order valence-corrected chi connectivity index (χ1v) is 6.51. The van der Waals surface area contributed by atoms with Crippen LogP contribution < -0.4 is 4.74 Å². The molecule has 0 spiro atoms. The first-order chi connectivity index (χ1) is 8.61. The molecule has 0 bridgehead atoms. The molecule has 1 fully saturated rings. The molecule has 0 N–H and O–H groups in total. The van der Waals surface area contributed by atoms with Crippen LogP contribution >= 0.6 is 11.6 Å². The Balaban J connectivity index is 2.18. The van der Waals surface area contributed by atoms with Gasteiger partial charge < -0.3 is 4.74 Å². The van der Waals surface area contributed by atoms with Crippen LogP contribution in [0.2, 0.25) is 0 Å². The topological polar surface area (TPSA) is 52.4 Å². The van der Waals surface area contributed by atoms with E-state index in [1.54, 1.807) is 12.1 Å². The molecular formula is C13H16ClNO3. The molecule has 0 amide bonds. The van der Waals surface area contributed by atoms with E-state index in [2.05, 4.69) is 0 Å². The maximum absolute atomic E-state index is 10.9. The van der Waals surface area contributed by atoms with Gasteiger partial charge in [0.25, 0.3) is 0 Å². The van der Waals surface area contributed by atoms with Crippen molar-refractivity contribution in [3.05, 3.63) is 33.9 Å². The van der Waals surface area contributed by atoms with E-state index in [0.29, 0.717) is 11.7 Å². The lowest BCUT2D eigenvalue weighted by molar-refractivity contribution is -0.385. The molecule has 2 rings (SSSR count). The van der Waals surface area contributed by atoms with Crippen LogP contribution in [0.3, 0.4) is 0 Å². The van der Waals surface area contributed by atoms with Crippen molar-refractivity contribution in [1.82, 2.24) is 0 Å². The average molecular weight is 270 g/mol. The van der Waals surface area contributed by atoms with Crippen LogP contribution in [0, 0.1) is 16.0 Å². The standard InChI is InChI=1S/C13H16ClNO3/c1-18-13-6-5-9(8-12(13)15(16)17)7-10-3-2-4-11(10)14/h5-6,8,10-11H,2-4,7H2,1H3. The van der Waals surface area contributed by atoms with E-state index >= 15 is 0 Å². The highest BCUT2D eigenvalue weighted by atomic mass is 35.5. The zero-order valence-corrected chi connectivity index (χ0v) is 11.0. The number of nitrogens with zero attached hydrogens (tertiary/aromatic N) is 1. The fraction of sp³-hybridized carbons (Fsp3) is 0.538. The van der Waals surface area contributed by atoms with Gasteiger partial charge in [-0.05, 0) is 36.8 Å². The summed E-state index contributed by atoms with van der Waals surface area (Å²) in [4.78, 5) is 10.5. The lowest BCUT2D eigenvalue weighted by atomic mass is 9.97. The molecule has 0 radical (unpaired) electrons. The fourth-order valence-corrected chi connectivity index (χ4v) is 2.90. The highest BCUT2D eigenvalue weighted by Gasteiger charge is 2.26. The smallest absolute Gasteiger partial charge is 0.311 e. The summed E-state index contributed by atoms with van der Waals surface area (Å²) >= 11 is 6.23. The molecule has 1 aliphatic carbocycles. The van der Waals surface area contributed by atoms with E-state index in [1.165, 1.54) is 7.11 Å². The second-order valence-corrected chi connectivity index (χ2v) is 5.23. The van der Waals surface area contributed by atoms with Crippen molar-refractivity contribution in [2.75, 3.05) is 7.11 Å².